The largest absolute Gasteiger partial charge is 0.313 e. The molecule has 1 saturated heterocycles. The third-order valence-electron chi connectivity index (χ3n) is 3.27. The van der Waals surface area contributed by atoms with E-state index in [0.29, 0.717) is 6.42 Å². The molecular formula is C10H19NO2. The first-order valence-corrected chi connectivity index (χ1v) is 4.71. The molecule has 0 saturated carbocycles. The smallest absolute Gasteiger partial charge is 0.139 e. The Morgan fingerprint density at radius 1 is 1.38 bits per heavy atom. The molecule has 1 unspecified atom stereocenters. The Kier molecular flexibility index (Phi) is 2.29. The van der Waals surface area contributed by atoms with Crippen molar-refractivity contribution in [3.63, 3.8) is 0 Å². The summed E-state index contributed by atoms with van der Waals surface area (Å²) in [5, 5.41) is 11.3. The van der Waals surface area contributed by atoms with Gasteiger partial charge in [0.15, 0.2) is 0 Å². The molecule has 1 heterocycles. The molecule has 13 heavy (non-hydrogen) atoms. The predicted molar refractivity (Wildman–Crippen MR) is 50.6 cm³/mol. The van der Waals surface area contributed by atoms with Gasteiger partial charge in [-0.05, 0) is 27.7 Å². The Bertz CT molecular complexity index is 233. The van der Waals surface area contributed by atoms with Gasteiger partial charge in [-0.1, -0.05) is 6.92 Å². The standard InChI is InChI=1S/C10H19NO2/c1-7-8(12)6-9(2,3)11(13)10(7,4)5/h7,13H,6H2,1-5H3. The van der Waals surface area contributed by atoms with Gasteiger partial charge >= 0.3 is 0 Å². The minimum atomic E-state index is -0.459. The van der Waals surface area contributed by atoms with Crippen molar-refractivity contribution in [2.24, 2.45) is 5.92 Å². The molecule has 1 aliphatic heterocycles. The summed E-state index contributed by atoms with van der Waals surface area (Å²) in [5.41, 5.74) is -0.897. The lowest BCUT2D eigenvalue weighted by molar-refractivity contribution is -0.249. The molecule has 76 valence electrons. The molecule has 3 nitrogen and oxygen atoms in total. The highest BCUT2D eigenvalue weighted by molar-refractivity contribution is 5.84. The summed E-state index contributed by atoms with van der Waals surface area (Å²) < 4.78 is 0. The van der Waals surface area contributed by atoms with Crippen LogP contribution in [0.15, 0.2) is 0 Å². The second kappa shape index (κ2) is 2.79. The Labute approximate surface area is 79.7 Å². The quantitative estimate of drug-likeness (QED) is 0.626. The number of ketones is 1. The van der Waals surface area contributed by atoms with Gasteiger partial charge in [-0.2, -0.15) is 5.06 Å². The van der Waals surface area contributed by atoms with E-state index in [1.165, 1.54) is 5.06 Å². The maximum Gasteiger partial charge on any atom is 0.139 e. The van der Waals surface area contributed by atoms with E-state index in [1.807, 2.05) is 34.6 Å². The van der Waals surface area contributed by atoms with Crippen molar-refractivity contribution < 1.29 is 10.0 Å². The molecule has 0 bridgehead atoms. The monoisotopic (exact) mass is 185 g/mol. The van der Waals surface area contributed by atoms with Gasteiger partial charge in [-0.3, -0.25) is 4.79 Å². The molecule has 0 aliphatic carbocycles. The van der Waals surface area contributed by atoms with Gasteiger partial charge in [0.25, 0.3) is 0 Å². The second-order valence-corrected chi connectivity index (χ2v) is 5.14. The zero-order valence-electron chi connectivity index (χ0n) is 9.09. The first-order valence-electron chi connectivity index (χ1n) is 4.71. The fourth-order valence-corrected chi connectivity index (χ4v) is 2.01. The third-order valence-corrected chi connectivity index (χ3v) is 3.27. The average molecular weight is 185 g/mol. The number of nitrogens with zero attached hydrogens (tertiary/aromatic N) is 1. The SMILES string of the molecule is CC1C(=O)CC(C)(C)N(O)C1(C)C. The van der Waals surface area contributed by atoms with Crippen LogP contribution in [0.2, 0.25) is 0 Å². The van der Waals surface area contributed by atoms with E-state index in [0.717, 1.165) is 0 Å². The minimum Gasteiger partial charge on any atom is -0.313 e. The van der Waals surface area contributed by atoms with E-state index < -0.39 is 11.1 Å². The topological polar surface area (TPSA) is 40.5 Å². The molecule has 0 aromatic rings. The van der Waals surface area contributed by atoms with Crippen LogP contribution in [0.4, 0.5) is 0 Å². The summed E-state index contributed by atoms with van der Waals surface area (Å²) in [4.78, 5) is 11.6. The molecule has 1 atom stereocenters. The van der Waals surface area contributed by atoms with Crippen LogP contribution in [-0.4, -0.2) is 27.1 Å². The van der Waals surface area contributed by atoms with Gasteiger partial charge in [0.1, 0.15) is 5.78 Å². The molecule has 0 aromatic heterocycles. The summed E-state index contributed by atoms with van der Waals surface area (Å²) in [6, 6.07) is 0. The van der Waals surface area contributed by atoms with E-state index in [4.69, 9.17) is 0 Å². The normalized spacial score (nSPS) is 33.4. The minimum absolute atomic E-state index is 0.106. The van der Waals surface area contributed by atoms with Crippen molar-refractivity contribution in [1.29, 1.82) is 0 Å². The highest BCUT2D eigenvalue weighted by Crippen LogP contribution is 2.38. The van der Waals surface area contributed by atoms with Crippen molar-refractivity contribution >= 4 is 5.78 Å². The average Bonchev–Trinajstić information content (AvgIpc) is 1.98. The van der Waals surface area contributed by atoms with Crippen LogP contribution >= 0.6 is 0 Å². The Hall–Kier alpha value is -0.410. The lowest BCUT2D eigenvalue weighted by Crippen LogP contribution is -2.63. The highest BCUT2D eigenvalue weighted by atomic mass is 16.5. The molecule has 0 amide bonds. The van der Waals surface area contributed by atoms with Gasteiger partial charge < -0.3 is 5.21 Å². The van der Waals surface area contributed by atoms with Crippen LogP contribution in [0.1, 0.15) is 41.0 Å². The van der Waals surface area contributed by atoms with Crippen molar-refractivity contribution in [3.8, 4) is 0 Å². The number of hydrogen-bond acceptors (Lipinski definition) is 3. The summed E-state index contributed by atoms with van der Waals surface area (Å²) >= 11 is 0. The number of carbonyl (C=O) groups excluding carboxylic acids is 1. The summed E-state index contributed by atoms with van der Waals surface area (Å²) in [6.07, 6.45) is 0.425. The van der Waals surface area contributed by atoms with Crippen molar-refractivity contribution in [2.45, 2.75) is 52.1 Å². The lowest BCUT2D eigenvalue weighted by atomic mass is 9.74. The van der Waals surface area contributed by atoms with Crippen LogP contribution in [0.25, 0.3) is 0 Å². The van der Waals surface area contributed by atoms with E-state index in [9.17, 15) is 10.0 Å². The van der Waals surface area contributed by atoms with Crippen LogP contribution in [0, 0.1) is 5.92 Å². The molecule has 0 radical (unpaired) electrons. The summed E-state index contributed by atoms with van der Waals surface area (Å²) in [7, 11) is 0. The van der Waals surface area contributed by atoms with Gasteiger partial charge in [0.05, 0.1) is 5.54 Å². The maximum absolute atomic E-state index is 11.6. The van der Waals surface area contributed by atoms with Crippen LogP contribution in [0.5, 0.6) is 0 Å². The van der Waals surface area contributed by atoms with Crippen molar-refractivity contribution in [3.05, 3.63) is 0 Å². The predicted octanol–water partition coefficient (Wildman–Crippen LogP) is 1.84. The number of piperidine rings is 1. The summed E-state index contributed by atoms with van der Waals surface area (Å²) in [5.74, 6) is 0.130. The molecule has 1 N–H and O–H groups in total. The third kappa shape index (κ3) is 1.51. The maximum atomic E-state index is 11.6. The lowest BCUT2D eigenvalue weighted by Gasteiger charge is -2.50. The molecule has 1 fully saturated rings. The van der Waals surface area contributed by atoms with E-state index in [-0.39, 0.29) is 11.7 Å². The zero-order valence-corrected chi connectivity index (χ0v) is 9.09. The fraction of sp³-hybridized carbons (Fsp3) is 0.900. The zero-order chi connectivity index (χ0) is 10.4. The first-order chi connectivity index (χ1) is 5.69. The van der Waals surface area contributed by atoms with Gasteiger partial charge in [-0.15, -0.1) is 0 Å². The van der Waals surface area contributed by atoms with Crippen molar-refractivity contribution in [2.75, 3.05) is 0 Å². The van der Waals surface area contributed by atoms with Crippen LogP contribution in [-0.2, 0) is 4.79 Å². The molecular weight excluding hydrogens is 166 g/mol. The number of Topliss-reactive ketones (excluding diaryl/α,β-unsaturated/α-hetero) is 1. The van der Waals surface area contributed by atoms with E-state index >= 15 is 0 Å². The van der Waals surface area contributed by atoms with E-state index in [2.05, 4.69) is 0 Å². The number of hydroxylamine groups is 2. The highest BCUT2D eigenvalue weighted by Gasteiger charge is 2.49. The number of hydrogen-bond donors (Lipinski definition) is 1. The van der Waals surface area contributed by atoms with Gasteiger partial charge in [-0.25, -0.2) is 0 Å². The summed E-state index contributed by atoms with van der Waals surface area (Å²) in [6.45, 7) is 9.45. The Morgan fingerprint density at radius 2 is 1.85 bits per heavy atom. The van der Waals surface area contributed by atoms with Gasteiger partial charge in [0.2, 0.25) is 0 Å². The van der Waals surface area contributed by atoms with Gasteiger partial charge in [0, 0.05) is 17.9 Å². The molecule has 3 heteroatoms. The van der Waals surface area contributed by atoms with Crippen LogP contribution in [0.3, 0.4) is 0 Å². The van der Waals surface area contributed by atoms with Crippen molar-refractivity contribution in [1.82, 2.24) is 5.06 Å². The second-order valence-electron chi connectivity index (χ2n) is 5.14. The number of rotatable bonds is 0. The van der Waals surface area contributed by atoms with E-state index in [1.54, 1.807) is 0 Å². The molecule has 0 spiro atoms. The molecule has 0 aromatic carbocycles. The first kappa shape index (κ1) is 10.7. The molecule has 1 aliphatic rings. The number of carbonyl (C=O) groups is 1. The van der Waals surface area contributed by atoms with Crippen LogP contribution < -0.4 is 0 Å². The Balaban J connectivity index is 3.03. The Morgan fingerprint density at radius 3 is 2.31 bits per heavy atom. The molecule has 1 rings (SSSR count). The fourth-order valence-electron chi connectivity index (χ4n) is 2.01.